The lowest BCUT2D eigenvalue weighted by Crippen LogP contribution is -2.30. The normalized spacial score (nSPS) is 12.5. The van der Waals surface area contributed by atoms with Crippen LogP contribution in [-0.4, -0.2) is 37.2 Å². The zero-order valence-electron chi connectivity index (χ0n) is 41.1. The van der Waals surface area contributed by atoms with E-state index in [4.69, 9.17) is 14.2 Å². The molecule has 0 saturated heterocycles. The molecule has 0 aliphatic heterocycles. The monoisotopic (exact) mass is 849 g/mol. The van der Waals surface area contributed by atoms with E-state index in [1.807, 2.05) is 0 Å². The Bertz CT molecular complexity index is 918. The largest absolute Gasteiger partial charge is 0.462 e. The molecule has 0 radical (unpaired) electrons. The maximum absolute atomic E-state index is 12.8. The van der Waals surface area contributed by atoms with E-state index in [9.17, 15) is 14.4 Å². The second kappa shape index (κ2) is 46.9. The molecule has 356 valence electrons. The predicted octanol–water partition coefficient (Wildman–Crippen LogP) is 17.3. The van der Waals surface area contributed by atoms with E-state index in [2.05, 4.69) is 34.6 Å². The Morgan fingerprint density at radius 1 is 0.350 bits per heavy atom. The molecule has 2 atom stereocenters. The van der Waals surface area contributed by atoms with Gasteiger partial charge in [-0.05, 0) is 31.1 Å². The van der Waals surface area contributed by atoms with E-state index in [0.717, 1.165) is 69.6 Å². The van der Waals surface area contributed by atoms with E-state index in [0.29, 0.717) is 19.3 Å². The van der Waals surface area contributed by atoms with Gasteiger partial charge in [-0.25, -0.2) is 0 Å². The Morgan fingerprint density at radius 3 is 0.950 bits per heavy atom. The van der Waals surface area contributed by atoms with E-state index >= 15 is 0 Å². The molecule has 0 aromatic heterocycles. The summed E-state index contributed by atoms with van der Waals surface area (Å²) in [5, 5.41) is 0. The van der Waals surface area contributed by atoms with Crippen LogP contribution in [0, 0.1) is 11.8 Å². The van der Waals surface area contributed by atoms with E-state index in [-0.39, 0.29) is 31.1 Å². The van der Waals surface area contributed by atoms with Crippen molar-refractivity contribution >= 4 is 17.9 Å². The van der Waals surface area contributed by atoms with Gasteiger partial charge >= 0.3 is 17.9 Å². The molecular formula is C54H104O6. The fourth-order valence-electron chi connectivity index (χ4n) is 8.13. The van der Waals surface area contributed by atoms with Crippen LogP contribution in [0.1, 0.15) is 298 Å². The van der Waals surface area contributed by atoms with Gasteiger partial charge in [0.25, 0.3) is 0 Å². The van der Waals surface area contributed by atoms with Crippen molar-refractivity contribution in [3.63, 3.8) is 0 Å². The Morgan fingerprint density at radius 2 is 0.633 bits per heavy atom. The molecule has 0 aromatic carbocycles. The molecule has 6 heteroatoms. The molecular weight excluding hydrogens is 745 g/mol. The number of carbonyl (C=O) groups excluding carboxylic acids is 3. The molecule has 0 spiro atoms. The summed E-state index contributed by atoms with van der Waals surface area (Å²) < 4.78 is 16.8. The third-order valence-corrected chi connectivity index (χ3v) is 12.6. The first-order valence-electron chi connectivity index (χ1n) is 26.8. The van der Waals surface area contributed by atoms with Gasteiger partial charge in [0.2, 0.25) is 0 Å². The third kappa shape index (κ3) is 45.9. The van der Waals surface area contributed by atoms with Crippen molar-refractivity contribution in [1.29, 1.82) is 0 Å². The SMILES string of the molecule is CCCCCCCCCCCCCCCCCCCC(=O)O[C@H](COC(=O)CCCCCCCCCCCCCCC(C)C)COC(=O)CCCCCCCCC(C)CC. The number of hydrogen-bond donors (Lipinski definition) is 0. The van der Waals surface area contributed by atoms with Crippen LogP contribution in [0.4, 0.5) is 0 Å². The summed E-state index contributed by atoms with van der Waals surface area (Å²) >= 11 is 0. The highest BCUT2D eigenvalue weighted by molar-refractivity contribution is 5.71. The average Bonchev–Trinajstić information content (AvgIpc) is 3.23. The maximum Gasteiger partial charge on any atom is 0.306 e. The molecule has 0 aliphatic rings. The highest BCUT2D eigenvalue weighted by Gasteiger charge is 2.19. The van der Waals surface area contributed by atoms with Crippen molar-refractivity contribution in [2.75, 3.05) is 13.2 Å². The standard InChI is InChI=1S/C54H104O6/c1-6-8-9-10-11-12-13-14-15-16-17-18-23-26-29-36-41-46-54(57)60-51(48-59-53(56)45-40-35-31-30-33-38-43-50(5)7-2)47-58-52(55)44-39-34-28-25-22-20-19-21-24-27-32-37-42-49(3)4/h49-51H,6-48H2,1-5H3/t50?,51-/m1/s1. The Hall–Kier alpha value is -1.59. The molecule has 60 heavy (non-hydrogen) atoms. The van der Waals surface area contributed by atoms with Crippen molar-refractivity contribution in [3.05, 3.63) is 0 Å². The third-order valence-electron chi connectivity index (χ3n) is 12.6. The van der Waals surface area contributed by atoms with Gasteiger partial charge in [0.15, 0.2) is 6.10 Å². The lowest BCUT2D eigenvalue weighted by atomic mass is 10.00. The first-order valence-corrected chi connectivity index (χ1v) is 26.8. The summed E-state index contributed by atoms with van der Waals surface area (Å²) in [6.45, 7) is 11.4. The second-order valence-corrected chi connectivity index (χ2v) is 19.2. The number of ether oxygens (including phenoxy) is 3. The van der Waals surface area contributed by atoms with Gasteiger partial charge in [0.1, 0.15) is 13.2 Å². The summed E-state index contributed by atoms with van der Waals surface area (Å²) in [6, 6.07) is 0. The van der Waals surface area contributed by atoms with Crippen molar-refractivity contribution < 1.29 is 28.6 Å². The van der Waals surface area contributed by atoms with Crippen molar-refractivity contribution in [3.8, 4) is 0 Å². The Kier molecular flexibility index (Phi) is 45.7. The highest BCUT2D eigenvalue weighted by atomic mass is 16.6. The van der Waals surface area contributed by atoms with Gasteiger partial charge in [-0.1, -0.05) is 259 Å². The molecule has 0 fully saturated rings. The maximum atomic E-state index is 12.8. The van der Waals surface area contributed by atoms with Gasteiger partial charge in [-0.15, -0.1) is 0 Å². The van der Waals surface area contributed by atoms with Gasteiger partial charge in [0.05, 0.1) is 0 Å². The number of rotatable bonds is 48. The van der Waals surface area contributed by atoms with Gasteiger partial charge in [0, 0.05) is 19.3 Å². The molecule has 0 saturated carbocycles. The minimum Gasteiger partial charge on any atom is -0.462 e. The molecule has 6 nitrogen and oxygen atoms in total. The van der Waals surface area contributed by atoms with Crippen molar-refractivity contribution in [2.24, 2.45) is 11.8 Å². The quantitative estimate of drug-likeness (QED) is 0.0345. The molecule has 0 aromatic rings. The molecule has 0 aliphatic carbocycles. The fourth-order valence-corrected chi connectivity index (χ4v) is 8.13. The summed E-state index contributed by atoms with van der Waals surface area (Å²) in [6.07, 6.45) is 48.1. The summed E-state index contributed by atoms with van der Waals surface area (Å²) in [4.78, 5) is 38.0. The second-order valence-electron chi connectivity index (χ2n) is 19.2. The number of carbonyl (C=O) groups is 3. The molecule has 0 N–H and O–H groups in total. The average molecular weight is 849 g/mol. The number of hydrogen-bond acceptors (Lipinski definition) is 6. The van der Waals surface area contributed by atoms with Crippen LogP contribution >= 0.6 is 0 Å². The number of esters is 3. The molecule has 0 amide bonds. The summed E-state index contributed by atoms with van der Waals surface area (Å²) in [7, 11) is 0. The van der Waals surface area contributed by atoms with Crippen molar-refractivity contribution in [1.82, 2.24) is 0 Å². The topological polar surface area (TPSA) is 78.9 Å². The van der Waals surface area contributed by atoms with Crippen LogP contribution < -0.4 is 0 Å². The minimum atomic E-state index is -0.762. The smallest absolute Gasteiger partial charge is 0.306 e. The Labute approximate surface area is 374 Å². The van der Waals surface area contributed by atoms with E-state index < -0.39 is 6.10 Å². The molecule has 0 heterocycles. The van der Waals surface area contributed by atoms with Gasteiger partial charge < -0.3 is 14.2 Å². The Balaban J connectivity index is 4.28. The van der Waals surface area contributed by atoms with Crippen LogP contribution in [0.25, 0.3) is 0 Å². The highest BCUT2D eigenvalue weighted by Crippen LogP contribution is 2.18. The fraction of sp³-hybridized carbons (Fsp3) is 0.944. The number of unbranched alkanes of at least 4 members (excludes halogenated alkanes) is 32. The van der Waals surface area contributed by atoms with Crippen LogP contribution in [-0.2, 0) is 28.6 Å². The zero-order valence-corrected chi connectivity index (χ0v) is 41.1. The predicted molar refractivity (Wildman–Crippen MR) is 256 cm³/mol. The molecule has 0 bridgehead atoms. The zero-order chi connectivity index (χ0) is 44.0. The van der Waals surface area contributed by atoms with Crippen LogP contribution in [0.15, 0.2) is 0 Å². The minimum absolute atomic E-state index is 0.0642. The molecule has 1 unspecified atom stereocenters. The first-order chi connectivity index (χ1) is 29.3. The van der Waals surface area contributed by atoms with E-state index in [1.54, 1.807) is 0 Å². The molecule has 0 rings (SSSR count). The summed E-state index contributed by atoms with van der Waals surface area (Å²) in [5.74, 6) is 0.799. The van der Waals surface area contributed by atoms with Crippen molar-refractivity contribution in [2.45, 2.75) is 304 Å². The van der Waals surface area contributed by atoms with Crippen LogP contribution in [0.2, 0.25) is 0 Å². The first kappa shape index (κ1) is 58.4. The lowest BCUT2D eigenvalue weighted by molar-refractivity contribution is -0.167. The summed E-state index contributed by atoms with van der Waals surface area (Å²) in [5.41, 5.74) is 0. The van der Waals surface area contributed by atoms with Gasteiger partial charge in [-0.3, -0.25) is 14.4 Å². The van der Waals surface area contributed by atoms with Gasteiger partial charge in [-0.2, -0.15) is 0 Å². The van der Waals surface area contributed by atoms with Crippen LogP contribution in [0.5, 0.6) is 0 Å². The lowest BCUT2D eigenvalue weighted by Gasteiger charge is -2.18. The van der Waals surface area contributed by atoms with E-state index in [1.165, 1.54) is 186 Å². The van der Waals surface area contributed by atoms with Crippen LogP contribution in [0.3, 0.4) is 0 Å².